The van der Waals surface area contributed by atoms with Gasteiger partial charge in [-0.25, -0.2) is 4.98 Å². The van der Waals surface area contributed by atoms with Gasteiger partial charge < -0.3 is 10.3 Å². The van der Waals surface area contributed by atoms with Gasteiger partial charge in [-0.3, -0.25) is 9.59 Å². The number of carbonyl (C=O) groups is 1. The topological polar surface area (TPSA) is 74.8 Å². The SMILES string of the molecule is O=C1CC[C@H](/C=C(/c2ccc(F)nc2)c2ccc(C3CC3)c(=O)[nH]2)N1. The van der Waals surface area contributed by atoms with Crippen LogP contribution in [-0.4, -0.2) is 21.9 Å². The van der Waals surface area contributed by atoms with Gasteiger partial charge in [0.1, 0.15) is 0 Å². The fourth-order valence-electron chi connectivity index (χ4n) is 3.20. The summed E-state index contributed by atoms with van der Waals surface area (Å²) in [5, 5.41) is 2.89. The van der Waals surface area contributed by atoms with E-state index in [0.29, 0.717) is 30.0 Å². The Hall–Kier alpha value is -2.76. The van der Waals surface area contributed by atoms with Crippen LogP contribution in [0.5, 0.6) is 0 Å². The van der Waals surface area contributed by atoms with Crippen LogP contribution in [0.25, 0.3) is 5.57 Å². The number of aromatic amines is 1. The second-order valence-corrected chi connectivity index (χ2v) is 6.59. The fraction of sp³-hybridized carbons (Fsp3) is 0.316. The Morgan fingerprint density at radius 3 is 2.60 bits per heavy atom. The number of nitrogens with zero attached hydrogens (tertiary/aromatic N) is 1. The summed E-state index contributed by atoms with van der Waals surface area (Å²) in [4.78, 5) is 30.5. The zero-order valence-electron chi connectivity index (χ0n) is 13.6. The van der Waals surface area contributed by atoms with Crippen LogP contribution in [-0.2, 0) is 4.79 Å². The number of pyridine rings is 2. The highest BCUT2D eigenvalue weighted by Crippen LogP contribution is 2.38. The molecule has 1 saturated heterocycles. The van der Waals surface area contributed by atoms with Crippen molar-refractivity contribution >= 4 is 11.5 Å². The largest absolute Gasteiger partial charge is 0.350 e. The summed E-state index contributed by atoms with van der Waals surface area (Å²) in [6.45, 7) is 0. The Morgan fingerprint density at radius 2 is 2.00 bits per heavy atom. The average molecular weight is 339 g/mol. The van der Waals surface area contributed by atoms with Crippen LogP contribution >= 0.6 is 0 Å². The van der Waals surface area contributed by atoms with Crippen molar-refractivity contribution in [3.8, 4) is 0 Å². The smallest absolute Gasteiger partial charge is 0.251 e. The van der Waals surface area contributed by atoms with Gasteiger partial charge in [0.05, 0.1) is 0 Å². The maximum atomic E-state index is 13.2. The van der Waals surface area contributed by atoms with E-state index in [1.807, 2.05) is 18.2 Å². The van der Waals surface area contributed by atoms with Crippen molar-refractivity contribution in [2.24, 2.45) is 0 Å². The van der Waals surface area contributed by atoms with Gasteiger partial charge in [-0.2, -0.15) is 4.39 Å². The lowest BCUT2D eigenvalue weighted by Gasteiger charge is -2.12. The minimum Gasteiger partial charge on any atom is -0.350 e. The summed E-state index contributed by atoms with van der Waals surface area (Å²) in [5.74, 6) is -0.183. The first-order chi connectivity index (χ1) is 12.1. The van der Waals surface area contributed by atoms with E-state index < -0.39 is 5.95 Å². The van der Waals surface area contributed by atoms with Crippen molar-refractivity contribution < 1.29 is 9.18 Å². The van der Waals surface area contributed by atoms with E-state index in [2.05, 4.69) is 15.3 Å². The van der Waals surface area contributed by atoms with Gasteiger partial charge in [0.15, 0.2) is 0 Å². The summed E-state index contributed by atoms with van der Waals surface area (Å²) in [6, 6.07) is 6.54. The Morgan fingerprint density at radius 1 is 1.16 bits per heavy atom. The quantitative estimate of drug-likeness (QED) is 0.841. The fourth-order valence-corrected chi connectivity index (χ4v) is 3.20. The van der Waals surface area contributed by atoms with Crippen LogP contribution in [0, 0.1) is 5.95 Å². The molecule has 0 aromatic carbocycles. The number of H-pyrrole nitrogens is 1. The number of aromatic nitrogens is 2. The lowest BCUT2D eigenvalue weighted by Crippen LogP contribution is -2.23. The van der Waals surface area contributed by atoms with Gasteiger partial charge in [-0.05, 0) is 43.4 Å². The van der Waals surface area contributed by atoms with Crippen molar-refractivity contribution in [3.05, 3.63) is 69.7 Å². The summed E-state index contributed by atoms with van der Waals surface area (Å²) in [6.07, 6.45) is 6.63. The van der Waals surface area contributed by atoms with E-state index in [9.17, 15) is 14.0 Å². The molecule has 2 aliphatic rings. The molecule has 128 valence electrons. The molecule has 2 fully saturated rings. The Bertz CT molecular complexity index is 898. The Kier molecular flexibility index (Phi) is 3.95. The molecular weight excluding hydrogens is 321 g/mol. The number of nitrogens with one attached hydrogen (secondary N) is 2. The molecule has 5 nitrogen and oxygen atoms in total. The molecule has 0 unspecified atom stereocenters. The molecule has 2 N–H and O–H groups in total. The zero-order valence-corrected chi connectivity index (χ0v) is 13.6. The highest BCUT2D eigenvalue weighted by Gasteiger charge is 2.26. The van der Waals surface area contributed by atoms with Crippen LogP contribution < -0.4 is 10.9 Å². The van der Waals surface area contributed by atoms with E-state index in [4.69, 9.17) is 0 Å². The summed E-state index contributed by atoms with van der Waals surface area (Å²) < 4.78 is 13.2. The summed E-state index contributed by atoms with van der Waals surface area (Å²) in [7, 11) is 0. The Labute approximate surface area is 144 Å². The molecule has 25 heavy (non-hydrogen) atoms. The molecule has 2 aromatic rings. The first kappa shape index (κ1) is 15.7. The number of amides is 1. The molecular formula is C19H18FN3O2. The normalized spacial score (nSPS) is 20.6. The number of rotatable bonds is 4. The maximum absolute atomic E-state index is 13.2. The van der Waals surface area contributed by atoms with E-state index in [1.165, 1.54) is 12.3 Å². The Balaban J connectivity index is 1.75. The second kappa shape index (κ2) is 6.27. The van der Waals surface area contributed by atoms with Crippen LogP contribution in [0.2, 0.25) is 0 Å². The molecule has 1 saturated carbocycles. The average Bonchev–Trinajstić information content (AvgIpc) is 3.35. The molecule has 0 spiro atoms. The van der Waals surface area contributed by atoms with Gasteiger partial charge in [0.2, 0.25) is 11.9 Å². The molecule has 1 aliphatic heterocycles. The van der Waals surface area contributed by atoms with Crippen molar-refractivity contribution in [3.63, 3.8) is 0 Å². The third-order valence-electron chi connectivity index (χ3n) is 4.68. The molecule has 1 atom stereocenters. The predicted molar refractivity (Wildman–Crippen MR) is 91.5 cm³/mol. The van der Waals surface area contributed by atoms with Crippen molar-refractivity contribution in [2.75, 3.05) is 0 Å². The zero-order chi connectivity index (χ0) is 17.4. The molecule has 3 heterocycles. The highest BCUT2D eigenvalue weighted by molar-refractivity contribution is 5.82. The van der Waals surface area contributed by atoms with E-state index >= 15 is 0 Å². The number of halogens is 1. The monoisotopic (exact) mass is 339 g/mol. The van der Waals surface area contributed by atoms with Gasteiger partial charge in [0.25, 0.3) is 5.56 Å². The lowest BCUT2D eigenvalue weighted by molar-refractivity contribution is -0.119. The van der Waals surface area contributed by atoms with Gasteiger partial charge in [-0.1, -0.05) is 12.1 Å². The highest BCUT2D eigenvalue weighted by atomic mass is 19.1. The molecule has 2 aromatic heterocycles. The minimum atomic E-state index is -0.560. The third kappa shape index (κ3) is 3.38. The van der Waals surface area contributed by atoms with E-state index in [0.717, 1.165) is 24.0 Å². The van der Waals surface area contributed by atoms with Crippen molar-refractivity contribution in [2.45, 2.75) is 37.6 Å². The van der Waals surface area contributed by atoms with E-state index in [-0.39, 0.29) is 17.5 Å². The lowest BCUT2D eigenvalue weighted by atomic mass is 9.99. The minimum absolute atomic E-state index is 0.00964. The molecule has 4 rings (SSSR count). The second-order valence-electron chi connectivity index (χ2n) is 6.59. The number of hydrogen-bond acceptors (Lipinski definition) is 3. The standard InChI is InChI=1S/C19H18FN3O2/c20-17-7-3-12(10-21-17)15(9-13-4-8-18(24)22-13)16-6-5-14(11-1-2-11)19(25)23-16/h3,5-7,9-11,13H,1-2,4,8H2,(H,22,24)(H,23,25)/b15-9-/t13-/m1/s1. The van der Waals surface area contributed by atoms with Crippen LogP contribution in [0.1, 0.15) is 48.4 Å². The molecule has 6 heteroatoms. The number of hydrogen-bond donors (Lipinski definition) is 2. The van der Waals surface area contributed by atoms with Crippen LogP contribution in [0.3, 0.4) is 0 Å². The molecule has 1 amide bonds. The summed E-state index contributed by atoms with van der Waals surface area (Å²) >= 11 is 0. The summed E-state index contributed by atoms with van der Waals surface area (Å²) in [5.41, 5.74) is 2.80. The maximum Gasteiger partial charge on any atom is 0.251 e. The first-order valence-corrected chi connectivity index (χ1v) is 8.47. The third-order valence-corrected chi connectivity index (χ3v) is 4.68. The van der Waals surface area contributed by atoms with Crippen LogP contribution in [0.15, 0.2) is 41.3 Å². The van der Waals surface area contributed by atoms with Gasteiger partial charge in [-0.15, -0.1) is 0 Å². The van der Waals surface area contributed by atoms with Gasteiger partial charge in [0, 0.05) is 41.1 Å². The van der Waals surface area contributed by atoms with Crippen molar-refractivity contribution in [1.82, 2.24) is 15.3 Å². The molecule has 0 bridgehead atoms. The molecule has 1 aliphatic carbocycles. The van der Waals surface area contributed by atoms with E-state index in [1.54, 1.807) is 6.07 Å². The first-order valence-electron chi connectivity index (χ1n) is 8.47. The molecule has 0 radical (unpaired) electrons. The predicted octanol–water partition coefficient (Wildman–Crippen LogP) is 2.50. The number of carbonyl (C=O) groups excluding carboxylic acids is 1. The van der Waals surface area contributed by atoms with Crippen LogP contribution in [0.4, 0.5) is 4.39 Å². The van der Waals surface area contributed by atoms with Gasteiger partial charge >= 0.3 is 0 Å². The van der Waals surface area contributed by atoms with Crippen molar-refractivity contribution in [1.29, 1.82) is 0 Å².